The second kappa shape index (κ2) is 9.89. The van der Waals surface area contributed by atoms with E-state index in [9.17, 15) is 14.6 Å². The molecule has 0 radical (unpaired) electrons. The molecule has 7 heteroatoms. The highest BCUT2D eigenvalue weighted by Crippen LogP contribution is 2.44. The molecule has 2 rings (SSSR count). The summed E-state index contributed by atoms with van der Waals surface area (Å²) < 4.78 is 12.3. The van der Waals surface area contributed by atoms with E-state index in [1.165, 1.54) is 0 Å². The molecule has 0 amide bonds. The Morgan fingerprint density at radius 3 is 2.42 bits per heavy atom. The molecule has 0 aliphatic rings. The van der Waals surface area contributed by atoms with Crippen LogP contribution in [0.1, 0.15) is 18.1 Å². The van der Waals surface area contributed by atoms with Crippen LogP contribution in [0.5, 0.6) is 0 Å². The van der Waals surface area contributed by atoms with Gasteiger partial charge in [-0.15, -0.1) is 0 Å². The summed E-state index contributed by atoms with van der Waals surface area (Å²) in [4.78, 5) is 10.1. The first-order valence-electron chi connectivity index (χ1n) is 8.45. The van der Waals surface area contributed by atoms with Crippen LogP contribution in [0.2, 0.25) is 10.0 Å². The first kappa shape index (κ1) is 21.4. The van der Waals surface area contributed by atoms with Crippen LogP contribution in [0.15, 0.2) is 48.5 Å². The van der Waals surface area contributed by atoms with Crippen LogP contribution in [0.4, 0.5) is 0 Å². The van der Waals surface area contributed by atoms with Gasteiger partial charge in [-0.25, -0.2) is 0 Å². The number of hydrogen-bond donors (Lipinski definition) is 3. The molecule has 0 aliphatic carbocycles. The van der Waals surface area contributed by atoms with Gasteiger partial charge in [-0.05, 0) is 36.6 Å². The molecule has 0 spiro atoms. The molecule has 0 aromatic heterocycles. The Labute approximate surface area is 164 Å². The van der Waals surface area contributed by atoms with Gasteiger partial charge in [0.05, 0.1) is 22.3 Å². The molecular weight excluding hydrogens is 392 g/mol. The second-order valence-electron chi connectivity index (χ2n) is 6.59. The lowest BCUT2D eigenvalue weighted by atomic mass is 10.1. The summed E-state index contributed by atoms with van der Waals surface area (Å²) in [5.41, 5.74) is 1.83. The van der Waals surface area contributed by atoms with Crippen LogP contribution >= 0.6 is 30.6 Å². The normalized spacial score (nSPS) is 16.0. The maximum atomic E-state index is 12.3. The van der Waals surface area contributed by atoms with Crippen molar-refractivity contribution in [3.8, 4) is 0 Å². The molecule has 0 heterocycles. The summed E-state index contributed by atoms with van der Waals surface area (Å²) in [5.74, 6) is 0. The molecular formula is C19H24Cl2NO3P. The molecule has 0 saturated heterocycles. The van der Waals surface area contributed by atoms with Crippen LogP contribution in [-0.4, -0.2) is 34.9 Å². The monoisotopic (exact) mass is 415 g/mol. The van der Waals surface area contributed by atoms with E-state index in [0.717, 1.165) is 11.1 Å². The number of aliphatic hydroxyl groups is 1. The average Bonchev–Trinajstić information content (AvgIpc) is 2.56. The Hall–Kier alpha value is -0.870. The SMILES string of the molecule is CC(Cc1ccc(Cl)c(Cl)c1)NC[C@H](O)CP(=O)(O)Cc1ccccc1. The van der Waals surface area contributed by atoms with Crippen molar-refractivity contribution in [2.45, 2.75) is 31.7 Å². The smallest absolute Gasteiger partial charge is 0.207 e. The summed E-state index contributed by atoms with van der Waals surface area (Å²) in [6, 6.07) is 14.7. The van der Waals surface area contributed by atoms with Gasteiger partial charge in [-0.3, -0.25) is 4.57 Å². The predicted octanol–water partition coefficient (Wildman–Crippen LogP) is 4.35. The highest BCUT2D eigenvalue weighted by Gasteiger charge is 2.23. The summed E-state index contributed by atoms with van der Waals surface area (Å²) in [5, 5.41) is 14.3. The summed E-state index contributed by atoms with van der Waals surface area (Å²) in [7, 11) is -3.43. The highest BCUT2D eigenvalue weighted by molar-refractivity contribution is 7.57. The van der Waals surface area contributed by atoms with Crippen molar-refractivity contribution in [3.63, 3.8) is 0 Å². The first-order valence-corrected chi connectivity index (χ1v) is 11.2. The van der Waals surface area contributed by atoms with E-state index in [-0.39, 0.29) is 24.9 Å². The Kier molecular flexibility index (Phi) is 8.15. The topological polar surface area (TPSA) is 69.6 Å². The third kappa shape index (κ3) is 7.40. The number of hydrogen-bond acceptors (Lipinski definition) is 3. The molecule has 0 aliphatic heterocycles. The van der Waals surface area contributed by atoms with E-state index < -0.39 is 13.5 Å². The second-order valence-corrected chi connectivity index (χ2v) is 9.78. The summed E-state index contributed by atoms with van der Waals surface area (Å²) in [6.07, 6.45) is -0.228. The lowest BCUT2D eigenvalue weighted by Gasteiger charge is -2.20. The predicted molar refractivity (Wildman–Crippen MR) is 108 cm³/mol. The van der Waals surface area contributed by atoms with E-state index in [1.54, 1.807) is 6.07 Å². The summed E-state index contributed by atoms with van der Waals surface area (Å²) >= 11 is 11.9. The van der Waals surface area contributed by atoms with Crippen LogP contribution in [0, 0.1) is 0 Å². The lowest BCUT2D eigenvalue weighted by Crippen LogP contribution is -2.36. The molecule has 26 heavy (non-hydrogen) atoms. The molecule has 0 fully saturated rings. The number of nitrogens with one attached hydrogen (secondary N) is 1. The molecule has 0 bridgehead atoms. The minimum absolute atomic E-state index is 0.0731. The van der Waals surface area contributed by atoms with Crippen molar-refractivity contribution in [1.82, 2.24) is 5.32 Å². The largest absolute Gasteiger partial charge is 0.391 e. The fourth-order valence-corrected chi connectivity index (χ4v) is 4.78. The van der Waals surface area contributed by atoms with Gasteiger partial charge in [0.2, 0.25) is 7.37 Å². The van der Waals surface area contributed by atoms with Crippen molar-refractivity contribution in [2.75, 3.05) is 12.7 Å². The van der Waals surface area contributed by atoms with E-state index in [2.05, 4.69) is 5.32 Å². The third-order valence-electron chi connectivity index (χ3n) is 4.00. The van der Waals surface area contributed by atoms with Gasteiger partial charge in [0, 0.05) is 18.7 Å². The molecule has 3 N–H and O–H groups in total. The zero-order valence-corrected chi connectivity index (χ0v) is 17.0. The van der Waals surface area contributed by atoms with Crippen molar-refractivity contribution in [2.24, 2.45) is 0 Å². The number of rotatable bonds is 9. The summed E-state index contributed by atoms with van der Waals surface area (Å²) in [6.45, 7) is 2.24. The van der Waals surface area contributed by atoms with Gasteiger partial charge in [-0.2, -0.15) is 0 Å². The van der Waals surface area contributed by atoms with Gasteiger partial charge >= 0.3 is 0 Å². The van der Waals surface area contributed by atoms with E-state index in [1.807, 2.05) is 49.4 Å². The van der Waals surface area contributed by atoms with Gasteiger partial charge < -0.3 is 15.3 Å². The molecule has 2 unspecified atom stereocenters. The van der Waals surface area contributed by atoms with Crippen molar-refractivity contribution < 1.29 is 14.6 Å². The Morgan fingerprint density at radius 2 is 1.77 bits per heavy atom. The first-order chi connectivity index (χ1) is 12.2. The maximum absolute atomic E-state index is 12.3. The van der Waals surface area contributed by atoms with E-state index in [0.29, 0.717) is 16.5 Å². The fraction of sp³-hybridized carbons (Fsp3) is 0.368. The maximum Gasteiger partial charge on any atom is 0.207 e. The highest BCUT2D eigenvalue weighted by atomic mass is 35.5. The minimum atomic E-state index is -3.43. The molecule has 3 atom stereocenters. The third-order valence-corrected chi connectivity index (χ3v) is 6.59. The Balaban J connectivity index is 1.78. The standard InChI is InChI=1S/C19H24Cl2NO3P/c1-14(9-16-7-8-18(20)19(21)10-16)22-11-17(23)13-26(24,25)12-15-5-3-2-4-6-15/h2-8,10,14,17,22-23H,9,11-13H2,1H3,(H,24,25)/t14?,17-/m0/s1. The van der Waals surface area contributed by atoms with Crippen LogP contribution in [0.25, 0.3) is 0 Å². The van der Waals surface area contributed by atoms with Gasteiger partial charge in [0.15, 0.2) is 0 Å². The van der Waals surface area contributed by atoms with Gasteiger partial charge in [0.25, 0.3) is 0 Å². The van der Waals surface area contributed by atoms with E-state index in [4.69, 9.17) is 23.2 Å². The average molecular weight is 416 g/mol. The van der Waals surface area contributed by atoms with Crippen LogP contribution in [0.3, 0.4) is 0 Å². The van der Waals surface area contributed by atoms with E-state index >= 15 is 0 Å². The molecule has 142 valence electrons. The lowest BCUT2D eigenvalue weighted by molar-refractivity contribution is 0.186. The Bertz CT molecular complexity index is 758. The zero-order chi connectivity index (χ0) is 19.2. The number of halogens is 2. The fourth-order valence-electron chi connectivity index (χ4n) is 2.76. The van der Waals surface area contributed by atoms with Gasteiger partial charge in [0.1, 0.15) is 0 Å². The van der Waals surface area contributed by atoms with Gasteiger partial charge in [-0.1, -0.05) is 59.6 Å². The minimum Gasteiger partial charge on any atom is -0.391 e. The molecule has 0 saturated carbocycles. The van der Waals surface area contributed by atoms with Crippen molar-refractivity contribution >= 4 is 30.6 Å². The Morgan fingerprint density at radius 1 is 1.08 bits per heavy atom. The van der Waals surface area contributed by atoms with Crippen LogP contribution in [-0.2, 0) is 17.1 Å². The quantitative estimate of drug-likeness (QED) is 0.532. The van der Waals surface area contributed by atoms with Crippen molar-refractivity contribution in [3.05, 3.63) is 69.7 Å². The number of benzene rings is 2. The van der Waals surface area contributed by atoms with Crippen molar-refractivity contribution in [1.29, 1.82) is 0 Å². The number of aliphatic hydroxyl groups excluding tert-OH is 1. The molecule has 4 nitrogen and oxygen atoms in total. The molecule has 2 aromatic carbocycles. The zero-order valence-electron chi connectivity index (χ0n) is 14.6. The van der Waals surface area contributed by atoms with Crippen LogP contribution < -0.4 is 5.32 Å². The molecule has 2 aromatic rings.